The summed E-state index contributed by atoms with van der Waals surface area (Å²) >= 11 is 6.32. The number of urea groups is 1. The average molecular weight is 486 g/mol. The van der Waals surface area contributed by atoms with Crippen molar-refractivity contribution >= 4 is 56.6 Å². The molecule has 4 N–H and O–H groups in total. The molecule has 9 heteroatoms. The van der Waals surface area contributed by atoms with E-state index in [4.69, 9.17) is 17.3 Å². The molecule has 3 amide bonds. The largest absolute Gasteiger partial charge is 0.507 e. The van der Waals surface area contributed by atoms with Crippen molar-refractivity contribution in [3.8, 4) is 11.8 Å². The Bertz CT molecular complexity index is 1620. The van der Waals surface area contributed by atoms with E-state index in [9.17, 15) is 20.0 Å². The molecular formula is C26H20ClN5O3. The number of hydrogen-bond acceptors (Lipinski definition) is 4. The van der Waals surface area contributed by atoms with Crippen LogP contribution in [0, 0.1) is 11.3 Å². The zero-order chi connectivity index (χ0) is 24.4. The summed E-state index contributed by atoms with van der Waals surface area (Å²) in [5, 5.41) is 22.3. The van der Waals surface area contributed by atoms with Crippen LogP contribution in [-0.4, -0.2) is 41.0 Å². The highest BCUT2D eigenvalue weighted by Crippen LogP contribution is 2.46. The smallest absolute Gasteiger partial charge is 0.319 e. The van der Waals surface area contributed by atoms with Gasteiger partial charge in [-0.3, -0.25) is 9.69 Å². The number of phenolic OH excluding ortho intramolecular Hbond substituents is 1. The third-order valence-corrected chi connectivity index (χ3v) is 7.43. The molecule has 3 aromatic carbocycles. The van der Waals surface area contributed by atoms with Crippen LogP contribution in [0.4, 0.5) is 16.2 Å². The first-order valence-corrected chi connectivity index (χ1v) is 11.7. The number of anilines is 2. The van der Waals surface area contributed by atoms with E-state index in [0.29, 0.717) is 41.8 Å². The van der Waals surface area contributed by atoms with Crippen molar-refractivity contribution in [2.75, 3.05) is 28.8 Å². The van der Waals surface area contributed by atoms with Crippen molar-refractivity contribution in [1.29, 1.82) is 5.26 Å². The Morgan fingerprint density at radius 3 is 2.69 bits per heavy atom. The maximum atomic E-state index is 13.7. The van der Waals surface area contributed by atoms with Crippen LogP contribution in [0.1, 0.15) is 33.1 Å². The second kappa shape index (κ2) is 7.65. The molecule has 0 saturated carbocycles. The van der Waals surface area contributed by atoms with Gasteiger partial charge >= 0.3 is 6.03 Å². The number of rotatable bonds is 2. The molecule has 0 fully saturated rings. The lowest BCUT2D eigenvalue weighted by Gasteiger charge is -2.17. The number of nitrogens with zero attached hydrogens (tertiary/aromatic N) is 3. The first kappa shape index (κ1) is 21.3. The molecule has 0 bridgehead atoms. The monoisotopic (exact) mass is 485 g/mol. The van der Waals surface area contributed by atoms with Crippen molar-refractivity contribution in [1.82, 2.24) is 4.98 Å². The average Bonchev–Trinajstić information content (AvgIpc) is 3.57. The second-order valence-electron chi connectivity index (χ2n) is 8.92. The van der Waals surface area contributed by atoms with E-state index in [2.05, 4.69) is 11.1 Å². The van der Waals surface area contributed by atoms with E-state index in [1.54, 1.807) is 29.2 Å². The fraction of sp³-hybridized carbons (Fsp3) is 0.192. The van der Waals surface area contributed by atoms with E-state index < -0.39 is 6.03 Å². The molecule has 0 saturated heterocycles. The highest BCUT2D eigenvalue weighted by Gasteiger charge is 2.36. The standard InChI is InChI=1S/C26H20ClN5O3/c27-10-14-12-32(22-9-23(33)16-2-1-13(11-28)7-18(16)24(14)22)25(34)20-8-17-15-5-6-31(26(29)35)21(15)4-3-19(17)30-20/h1-4,7-9,14,30,33H,5-6,10,12H2,(H2,29,35)/t14-/m1/s1. The molecule has 1 aromatic heterocycles. The molecule has 0 spiro atoms. The number of hydrogen-bond donors (Lipinski definition) is 3. The van der Waals surface area contributed by atoms with Gasteiger partial charge < -0.3 is 20.7 Å². The number of nitrogens with one attached hydrogen (secondary N) is 1. The summed E-state index contributed by atoms with van der Waals surface area (Å²) in [6, 6.07) is 13.8. The van der Waals surface area contributed by atoms with E-state index in [-0.39, 0.29) is 23.5 Å². The second-order valence-corrected chi connectivity index (χ2v) is 9.22. The van der Waals surface area contributed by atoms with Crippen molar-refractivity contribution in [2.45, 2.75) is 12.3 Å². The number of primary amides is 1. The van der Waals surface area contributed by atoms with Crippen molar-refractivity contribution in [3.63, 3.8) is 0 Å². The lowest BCUT2D eigenvalue weighted by Crippen LogP contribution is -2.33. The number of halogens is 1. The van der Waals surface area contributed by atoms with E-state index >= 15 is 0 Å². The molecule has 0 radical (unpaired) electrons. The minimum absolute atomic E-state index is 0.0391. The zero-order valence-corrected chi connectivity index (χ0v) is 19.3. The van der Waals surface area contributed by atoms with Gasteiger partial charge in [-0.2, -0.15) is 5.26 Å². The first-order chi connectivity index (χ1) is 16.9. The van der Waals surface area contributed by atoms with Crippen LogP contribution in [0.25, 0.3) is 21.7 Å². The van der Waals surface area contributed by atoms with Crippen LogP contribution in [0.5, 0.6) is 5.75 Å². The number of phenols is 1. The van der Waals surface area contributed by atoms with Gasteiger partial charge in [0.25, 0.3) is 5.91 Å². The van der Waals surface area contributed by atoms with Crippen LogP contribution < -0.4 is 15.5 Å². The molecule has 0 aliphatic carbocycles. The maximum absolute atomic E-state index is 13.7. The summed E-state index contributed by atoms with van der Waals surface area (Å²) in [6.07, 6.45) is 0.656. The Morgan fingerprint density at radius 2 is 1.94 bits per heavy atom. The van der Waals surface area contributed by atoms with E-state index in [0.717, 1.165) is 33.1 Å². The third-order valence-electron chi connectivity index (χ3n) is 7.06. The number of H-pyrrole nitrogens is 1. The number of fused-ring (bicyclic) bond motifs is 6. The van der Waals surface area contributed by atoms with Crippen LogP contribution in [0.15, 0.2) is 42.5 Å². The molecule has 35 heavy (non-hydrogen) atoms. The molecule has 0 unspecified atom stereocenters. The van der Waals surface area contributed by atoms with Gasteiger partial charge in [0.1, 0.15) is 11.4 Å². The van der Waals surface area contributed by atoms with Crippen LogP contribution in [-0.2, 0) is 6.42 Å². The van der Waals surface area contributed by atoms with Gasteiger partial charge in [0.2, 0.25) is 0 Å². The number of benzene rings is 3. The predicted molar refractivity (Wildman–Crippen MR) is 134 cm³/mol. The highest BCUT2D eigenvalue weighted by molar-refractivity contribution is 6.19. The maximum Gasteiger partial charge on any atom is 0.319 e. The SMILES string of the molecule is N#Cc1ccc2c(O)cc3c(c2c1)[C@H](CCl)CN3C(=O)c1cc2c3c(ccc2[nH]1)N(C(N)=O)CC3. The number of carbonyl (C=O) groups is 2. The van der Waals surface area contributed by atoms with Gasteiger partial charge in [-0.1, -0.05) is 0 Å². The van der Waals surface area contributed by atoms with Crippen molar-refractivity contribution in [3.05, 3.63) is 64.8 Å². The third kappa shape index (κ3) is 3.05. The summed E-state index contributed by atoms with van der Waals surface area (Å²) in [5.41, 5.74) is 10.4. The summed E-state index contributed by atoms with van der Waals surface area (Å²) in [6.45, 7) is 0.863. The van der Waals surface area contributed by atoms with Gasteiger partial charge in [0.05, 0.1) is 17.3 Å². The number of amides is 3. The number of nitrogens with two attached hydrogens (primary N) is 1. The predicted octanol–water partition coefficient (Wildman–Crippen LogP) is 4.32. The van der Waals surface area contributed by atoms with Gasteiger partial charge in [0.15, 0.2) is 0 Å². The Labute approximate surface area is 205 Å². The molecule has 4 aromatic rings. The molecular weight excluding hydrogens is 466 g/mol. The Hall–Kier alpha value is -4.22. The topological polar surface area (TPSA) is 126 Å². The number of aromatic hydroxyl groups is 1. The number of alkyl halides is 1. The quantitative estimate of drug-likeness (QED) is 0.365. The van der Waals surface area contributed by atoms with Crippen molar-refractivity contribution < 1.29 is 14.7 Å². The summed E-state index contributed by atoms with van der Waals surface area (Å²) < 4.78 is 0. The number of aromatic nitrogens is 1. The molecule has 3 heterocycles. The normalized spacial score (nSPS) is 16.5. The minimum Gasteiger partial charge on any atom is -0.507 e. The Kier molecular flexibility index (Phi) is 4.66. The molecule has 174 valence electrons. The summed E-state index contributed by atoms with van der Waals surface area (Å²) in [4.78, 5) is 31.9. The summed E-state index contributed by atoms with van der Waals surface area (Å²) in [5.74, 6) is -0.0669. The van der Waals surface area contributed by atoms with Crippen LogP contribution >= 0.6 is 11.6 Å². The van der Waals surface area contributed by atoms with E-state index in [1.807, 2.05) is 18.2 Å². The molecule has 2 aliphatic rings. The minimum atomic E-state index is -0.498. The summed E-state index contributed by atoms with van der Waals surface area (Å²) in [7, 11) is 0. The zero-order valence-electron chi connectivity index (χ0n) is 18.5. The lowest BCUT2D eigenvalue weighted by molar-refractivity contribution is 0.0984. The number of carbonyl (C=O) groups excluding carboxylic acids is 2. The van der Waals surface area contributed by atoms with Gasteiger partial charge in [-0.05, 0) is 59.3 Å². The highest BCUT2D eigenvalue weighted by atomic mass is 35.5. The van der Waals surface area contributed by atoms with Crippen molar-refractivity contribution in [2.24, 2.45) is 5.73 Å². The molecule has 6 rings (SSSR count). The lowest BCUT2D eigenvalue weighted by atomic mass is 9.94. The fourth-order valence-electron chi connectivity index (χ4n) is 5.47. The molecule has 1 atom stereocenters. The number of aromatic amines is 1. The molecule has 2 aliphatic heterocycles. The van der Waals surface area contributed by atoms with Gasteiger partial charge in [-0.15, -0.1) is 11.6 Å². The molecule has 8 nitrogen and oxygen atoms in total. The van der Waals surface area contributed by atoms with Gasteiger partial charge in [0, 0.05) is 52.9 Å². The Morgan fingerprint density at radius 1 is 1.11 bits per heavy atom. The van der Waals surface area contributed by atoms with Gasteiger partial charge in [-0.25, -0.2) is 4.79 Å². The fourth-order valence-corrected chi connectivity index (χ4v) is 5.72. The van der Waals surface area contributed by atoms with Crippen LogP contribution in [0.2, 0.25) is 0 Å². The Balaban J connectivity index is 1.46. The van der Waals surface area contributed by atoms with E-state index in [1.165, 1.54) is 4.90 Å². The number of nitriles is 1. The first-order valence-electron chi connectivity index (χ1n) is 11.2. The van der Waals surface area contributed by atoms with Crippen LogP contribution in [0.3, 0.4) is 0 Å².